The summed E-state index contributed by atoms with van der Waals surface area (Å²) in [6.07, 6.45) is 1.59. The Hall–Kier alpha value is -3.61. The lowest BCUT2D eigenvalue weighted by Gasteiger charge is -2.17. The van der Waals surface area contributed by atoms with Crippen LogP contribution >= 0.6 is 0 Å². The molecule has 0 unspecified atom stereocenters. The molecule has 4 N–H and O–H groups in total. The number of rotatable bonds is 1. The van der Waals surface area contributed by atoms with E-state index in [1.54, 1.807) is 42.6 Å². The van der Waals surface area contributed by atoms with Crippen molar-refractivity contribution in [2.45, 2.75) is 0 Å². The lowest BCUT2D eigenvalue weighted by molar-refractivity contribution is -0.118. The number of benzene rings is 2. The van der Waals surface area contributed by atoms with Gasteiger partial charge in [0.2, 0.25) is 0 Å². The summed E-state index contributed by atoms with van der Waals surface area (Å²) in [6, 6.07) is 13.9. The summed E-state index contributed by atoms with van der Waals surface area (Å²) in [5, 5.41) is 12.4. The van der Waals surface area contributed by atoms with E-state index in [2.05, 4.69) is 10.3 Å². The number of carboxylic acids is 1. The molecule has 7 heteroatoms. The molecule has 0 spiro atoms. The maximum Gasteiger partial charge on any atom is 0.337 e. The maximum atomic E-state index is 10.8. The third kappa shape index (κ3) is 3.66. The van der Waals surface area contributed by atoms with Crippen molar-refractivity contribution in [3.05, 3.63) is 60.3 Å². The first-order valence-electron chi connectivity index (χ1n) is 7.44. The number of nitrogens with two attached hydrogens (primary N) is 1. The highest BCUT2D eigenvalue weighted by Crippen LogP contribution is 2.29. The predicted octanol–water partition coefficient (Wildman–Crippen LogP) is 2.53. The molecule has 0 saturated heterocycles. The zero-order chi connectivity index (χ0) is 17.8. The highest BCUT2D eigenvalue weighted by Gasteiger charge is 2.14. The summed E-state index contributed by atoms with van der Waals surface area (Å²) < 4.78 is 5.12. The molecule has 0 atom stereocenters. The largest absolute Gasteiger partial charge is 0.482 e. The van der Waals surface area contributed by atoms with E-state index in [1.165, 1.54) is 0 Å². The first kappa shape index (κ1) is 16.3. The molecule has 1 amide bonds. The second-order valence-electron chi connectivity index (χ2n) is 5.28. The third-order valence-corrected chi connectivity index (χ3v) is 3.50. The zero-order valence-electron chi connectivity index (χ0n) is 13.1. The van der Waals surface area contributed by atoms with Crippen molar-refractivity contribution in [1.82, 2.24) is 4.98 Å². The van der Waals surface area contributed by atoms with Gasteiger partial charge in [-0.2, -0.15) is 0 Å². The van der Waals surface area contributed by atoms with E-state index in [0.717, 1.165) is 5.39 Å². The molecule has 3 aromatic rings. The van der Waals surface area contributed by atoms with Crippen molar-refractivity contribution < 1.29 is 19.4 Å². The van der Waals surface area contributed by atoms with Gasteiger partial charge in [0.15, 0.2) is 6.61 Å². The third-order valence-electron chi connectivity index (χ3n) is 3.50. The van der Waals surface area contributed by atoms with Crippen LogP contribution < -0.4 is 15.8 Å². The van der Waals surface area contributed by atoms with Gasteiger partial charge in [0.25, 0.3) is 5.91 Å². The standard InChI is InChI=1S/C10H7NO2.C8H8N2O2/c12-10(13)8-5-1-3-7-4-2-6-11-9(7)8;9-5-1-2-6-7(3-5)12-4-8(11)10-6/h1-6H,(H,12,13);1-3H,4,9H2,(H,10,11). The molecule has 0 aliphatic carbocycles. The Balaban J connectivity index is 0.000000146. The van der Waals surface area contributed by atoms with E-state index >= 15 is 0 Å². The second-order valence-corrected chi connectivity index (χ2v) is 5.28. The van der Waals surface area contributed by atoms with Crippen LogP contribution in [0.25, 0.3) is 10.9 Å². The van der Waals surface area contributed by atoms with Crippen LogP contribution in [-0.4, -0.2) is 28.6 Å². The van der Waals surface area contributed by atoms with E-state index < -0.39 is 5.97 Å². The number of para-hydroxylation sites is 1. The lowest BCUT2D eigenvalue weighted by atomic mass is 10.1. The lowest BCUT2D eigenvalue weighted by Crippen LogP contribution is -2.25. The zero-order valence-corrected chi connectivity index (χ0v) is 13.1. The molecule has 0 fully saturated rings. The quantitative estimate of drug-likeness (QED) is 0.588. The number of nitrogen functional groups attached to an aromatic ring is 1. The molecule has 2 heterocycles. The van der Waals surface area contributed by atoms with Gasteiger partial charge in [0.05, 0.1) is 16.8 Å². The minimum atomic E-state index is -0.940. The van der Waals surface area contributed by atoms with Crippen LogP contribution in [0.3, 0.4) is 0 Å². The highest BCUT2D eigenvalue weighted by molar-refractivity contribution is 6.01. The molecule has 0 bridgehead atoms. The molecule has 25 heavy (non-hydrogen) atoms. The number of carbonyl (C=O) groups excluding carboxylic acids is 1. The SMILES string of the molecule is Nc1ccc2c(c1)OCC(=O)N2.O=C(O)c1cccc2cccnc12. The second kappa shape index (κ2) is 6.88. The Morgan fingerprint density at radius 3 is 2.80 bits per heavy atom. The van der Waals surface area contributed by atoms with Crippen molar-refractivity contribution in [3.63, 3.8) is 0 Å². The number of aromatic nitrogens is 1. The average Bonchev–Trinajstić information content (AvgIpc) is 2.62. The Morgan fingerprint density at radius 1 is 1.20 bits per heavy atom. The Labute approximate surface area is 143 Å². The predicted molar refractivity (Wildman–Crippen MR) is 93.7 cm³/mol. The number of hydrogen-bond acceptors (Lipinski definition) is 5. The number of pyridine rings is 1. The van der Waals surface area contributed by atoms with Gasteiger partial charge >= 0.3 is 5.97 Å². The average molecular weight is 337 g/mol. The minimum Gasteiger partial charge on any atom is -0.482 e. The summed E-state index contributed by atoms with van der Waals surface area (Å²) in [7, 11) is 0. The van der Waals surface area contributed by atoms with Crippen LogP contribution in [0.2, 0.25) is 0 Å². The summed E-state index contributed by atoms with van der Waals surface area (Å²) in [6.45, 7) is 0.0659. The summed E-state index contributed by atoms with van der Waals surface area (Å²) in [5.74, 6) is -0.439. The fraction of sp³-hybridized carbons (Fsp3) is 0.0556. The Morgan fingerprint density at radius 2 is 2.00 bits per heavy atom. The number of aromatic carboxylic acids is 1. The molecule has 7 nitrogen and oxygen atoms in total. The van der Waals surface area contributed by atoms with Gasteiger partial charge in [-0.05, 0) is 24.3 Å². The van der Waals surface area contributed by atoms with Crippen LogP contribution in [-0.2, 0) is 4.79 Å². The van der Waals surface area contributed by atoms with Crippen LogP contribution in [0.1, 0.15) is 10.4 Å². The molecule has 1 aliphatic heterocycles. The van der Waals surface area contributed by atoms with E-state index in [9.17, 15) is 9.59 Å². The van der Waals surface area contributed by atoms with E-state index in [-0.39, 0.29) is 18.1 Å². The number of nitrogens with zero attached hydrogens (tertiary/aromatic N) is 1. The van der Waals surface area contributed by atoms with Gasteiger partial charge in [-0.25, -0.2) is 4.79 Å². The maximum absolute atomic E-state index is 10.8. The van der Waals surface area contributed by atoms with Gasteiger partial charge in [-0.15, -0.1) is 0 Å². The Bertz CT molecular complexity index is 951. The fourth-order valence-electron chi connectivity index (χ4n) is 2.37. The van der Waals surface area contributed by atoms with Crippen LogP contribution in [0.15, 0.2) is 54.7 Å². The molecule has 1 aliphatic rings. The first-order chi connectivity index (χ1) is 12.0. The number of amides is 1. The number of carboxylic acid groups (broad SMARTS) is 1. The number of carbonyl (C=O) groups is 2. The summed E-state index contributed by atoms with van der Waals surface area (Å²) in [5.41, 5.74) is 7.62. The van der Waals surface area contributed by atoms with Gasteiger partial charge in [0.1, 0.15) is 5.75 Å². The van der Waals surface area contributed by atoms with Crippen molar-refractivity contribution in [3.8, 4) is 5.75 Å². The Kier molecular flexibility index (Phi) is 4.47. The van der Waals surface area contributed by atoms with Gasteiger partial charge < -0.3 is 20.9 Å². The molecule has 126 valence electrons. The van der Waals surface area contributed by atoms with Gasteiger partial charge in [-0.3, -0.25) is 9.78 Å². The van der Waals surface area contributed by atoms with Gasteiger partial charge in [-0.1, -0.05) is 18.2 Å². The molecule has 2 aromatic carbocycles. The first-order valence-corrected chi connectivity index (χ1v) is 7.44. The van der Waals surface area contributed by atoms with E-state index in [0.29, 0.717) is 22.6 Å². The molecule has 1 aromatic heterocycles. The molecular weight excluding hydrogens is 322 g/mol. The molecule has 0 saturated carbocycles. The summed E-state index contributed by atoms with van der Waals surface area (Å²) >= 11 is 0. The smallest absolute Gasteiger partial charge is 0.337 e. The normalized spacial score (nSPS) is 12.2. The minimum absolute atomic E-state index is 0.0659. The topological polar surface area (TPSA) is 115 Å². The monoisotopic (exact) mass is 337 g/mol. The van der Waals surface area contributed by atoms with E-state index in [4.69, 9.17) is 15.6 Å². The number of anilines is 2. The highest BCUT2D eigenvalue weighted by atomic mass is 16.5. The number of ether oxygens (including phenoxy) is 1. The van der Waals surface area contributed by atoms with Crippen LogP contribution in [0.5, 0.6) is 5.75 Å². The number of fused-ring (bicyclic) bond motifs is 2. The molecular formula is C18H15N3O4. The van der Waals surface area contributed by atoms with E-state index in [1.807, 2.05) is 12.1 Å². The van der Waals surface area contributed by atoms with Crippen molar-refractivity contribution in [2.75, 3.05) is 17.7 Å². The van der Waals surface area contributed by atoms with Crippen molar-refractivity contribution >= 4 is 34.2 Å². The van der Waals surface area contributed by atoms with Crippen molar-refractivity contribution in [1.29, 1.82) is 0 Å². The number of nitrogens with one attached hydrogen (secondary N) is 1. The number of hydrogen-bond donors (Lipinski definition) is 3. The molecule has 0 radical (unpaired) electrons. The van der Waals surface area contributed by atoms with Crippen LogP contribution in [0, 0.1) is 0 Å². The van der Waals surface area contributed by atoms with Crippen LogP contribution in [0.4, 0.5) is 11.4 Å². The molecule has 4 rings (SSSR count). The summed E-state index contributed by atoms with van der Waals surface area (Å²) in [4.78, 5) is 25.6. The van der Waals surface area contributed by atoms with Crippen molar-refractivity contribution in [2.24, 2.45) is 0 Å². The fourth-order valence-corrected chi connectivity index (χ4v) is 2.37. The van der Waals surface area contributed by atoms with Gasteiger partial charge in [0, 0.05) is 23.3 Å².